The van der Waals surface area contributed by atoms with E-state index in [-0.39, 0.29) is 10.9 Å². The molecule has 1 atom stereocenters. The van der Waals surface area contributed by atoms with Crippen LogP contribution in [-0.4, -0.2) is 16.8 Å². The summed E-state index contributed by atoms with van der Waals surface area (Å²) in [5.41, 5.74) is -1.03. The van der Waals surface area contributed by atoms with Gasteiger partial charge in [0.1, 0.15) is 11.6 Å². The third-order valence-electron chi connectivity index (χ3n) is 2.60. The van der Waals surface area contributed by atoms with E-state index < -0.39 is 23.1 Å². The van der Waals surface area contributed by atoms with Gasteiger partial charge in [-0.15, -0.1) is 11.6 Å². The van der Waals surface area contributed by atoms with Gasteiger partial charge in [-0.05, 0) is 39.0 Å². The Bertz CT molecular complexity index is 433. The number of rotatable bonds is 3. The van der Waals surface area contributed by atoms with E-state index in [4.69, 9.17) is 11.6 Å². The molecule has 0 aliphatic rings. The van der Waals surface area contributed by atoms with Crippen molar-refractivity contribution < 1.29 is 13.6 Å². The summed E-state index contributed by atoms with van der Waals surface area (Å²) in [6, 6.07) is 2.74. The number of halogens is 3. The van der Waals surface area contributed by atoms with Crippen LogP contribution in [0.5, 0.6) is 0 Å². The maximum Gasteiger partial charge on any atom is 0.254 e. The quantitative estimate of drug-likeness (QED) is 0.833. The van der Waals surface area contributed by atoms with Crippen molar-refractivity contribution in [1.82, 2.24) is 5.32 Å². The summed E-state index contributed by atoms with van der Waals surface area (Å²) in [6.45, 7) is 5.13. The number of benzene rings is 1. The second-order valence-electron chi connectivity index (χ2n) is 4.42. The molecule has 0 fully saturated rings. The van der Waals surface area contributed by atoms with Crippen molar-refractivity contribution in [2.24, 2.45) is 0 Å². The van der Waals surface area contributed by atoms with E-state index in [0.29, 0.717) is 0 Å². The Balaban J connectivity index is 2.94. The minimum atomic E-state index is -0.762. The fourth-order valence-corrected chi connectivity index (χ4v) is 1.19. The molecule has 94 valence electrons. The fraction of sp³-hybridized carbons (Fsp3) is 0.417. The predicted octanol–water partition coefficient (Wildman–Crippen LogP) is 3.10. The van der Waals surface area contributed by atoms with Crippen LogP contribution in [0.1, 0.15) is 31.1 Å². The molecular weight excluding hydrogens is 248 g/mol. The summed E-state index contributed by atoms with van der Waals surface area (Å²) in [6.07, 6.45) is 0. The molecule has 0 bridgehead atoms. The molecule has 0 heterocycles. The predicted molar refractivity (Wildman–Crippen MR) is 63.2 cm³/mol. The van der Waals surface area contributed by atoms with Crippen LogP contribution < -0.4 is 5.32 Å². The Labute approximate surface area is 104 Å². The number of carbonyl (C=O) groups excluding carboxylic acids is 1. The van der Waals surface area contributed by atoms with Gasteiger partial charge in [0.25, 0.3) is 5.91 Å². The van der Waals surface area contributed by atoms with E-state index in [0.717, 1.165) is 18.2 Å². The van der Waals surface area contributed by atoms with Crippen molar-refractivity contribution in [3.05, 3.63) is 35.4 Å². The van der Waals surface area contributed by atoms with Crippen molar-refractivity contribution in [3.63, 3.8) is 0 Å². The van der Waals surface area contributed by atoms with Gasteiger partial charge in [-0.2, -0.15) is 0 Å². The summed E-state index contributed by atoms with van der Waals surface area (Å²) in [7, 11) is 0. The second-order valence-corrected chi connectivity index (χ2v) is 5.07. The molecule has 2 nitrogen and oxygen atoms in total. The zero-order valence-corrected chi connectivity index (χ0v) is 10.6. The molecule has 0 aromatic heterocycles. The summed E-state index contributed by atoms with van der Waals surface area (Å²) in [5.74, 6) is -2.10. The highest BCUT2D eigenvalue weighted by Gasteiger charge is 2.27. The smallest absolute Gasteiger partial charge is 0.254 e. The highest BCUT2D eigenvalue weighted by atomic mass is 35.5. The molecule has 0 radical (unpaired) electrons. The van der Waals surface area contributed by atoms with Crippen LogP contribution in [0.3, 0.4) is 0 Å². The van der Waals surface area contributed by atoms with E-state index in [9.17, 15) is 13.6 Å². The molecule has 1 aromatic rings. The zero-order valence-electron chi connectivity index (χ0n) is 9.85. The minimum absolute atomic E-state index is 0.324. The monoisotopic (exact) mass is 261 g/mol. The van der Waals surface area contributed by atoms with E-state index in [1.54, 1.807) is 20.8 Å². The molecular formula is C12H14ClF2NO. The van der Waals surface area contributed by atoms with E-state index in [1.165, 1.54) is 0 Å². The van der Waals surface area contributed by atoms with Gasteiger partial charge < -0.3 is 5.32 Å². The standard InChI is InChI=1S/C12H14ClF2NO/c1-7(13)12(2,3)16-11(17)9-6-8(14)4-5-10(9)15/h4-7H,1-3H3,(H,16,17). The third-order valence-corrected chi connectivity index (χ3v) is 3.15. The number of carbonyl (C=O) groups is 1. The first-order chi connectivity index (χ1) is 7.74. The van der Waals surface area contributed by atoms with Crippen molar-refractivity contribution in [3.8, 4) is 0 Å². The molecule has 1 N–H and O–H groups in total. The van der Waals surface area contributed by atoms with Crippen molar-refractivity contribution in [2.45, 2.75) is 31.7 Å². The average molecular weight is 262 g/mol. The van der Waals surface area contributed by atoms with Crippen molar-refractivity contribution >= 4 is 17.5 Å². The molecule has 1 unspecified atom stereocenters. The lowest BCUT2D eigenvalue weighted by Crippen LogP contribution is -2.49. The number of nitrogens with one attached hydrogen (secondary N) is 1. The van der Waals surface area contributed by atoms with E-state index >= 15 is 0 Å². The van der Waals surface area contributed by atoms with Crippen LogP contribution in [0.25, 0.3) is 0 Å². The molecule has 0 aliphatic heterocycles. The highest BCUT2D eigenvalue weighted by molar-refractivity contribution is 6.21. The van der Waals surface area contributed by atoms with Crippen LogP contribution in [-0.2, 0) is 0 Å². The van der Waals surface area contributed by atoms with Gasteiger partial charge in [-0.25, -0.2) is 8.78 Å². The van der Waals surface area contributed by atoms with E-state index in [1.807, 2.05) is 0 Å². The Morgan fingerprint density at radius 2 is 2.00 bits per heavy atom. The summed E-state index contributed by atoms with van der Waals surface area (Å²) in [5, 5.41) is 2.22. The number of hydrogen-bond donors (Lipinski definition) is 1. The SMILES string of the molecule is CC(Cl)C(C)(C)NC(=O)c1cc(F)ccc1F. The summed E-state index contributed by atoms with van der Waals surface area (Å²) < 4.78 is 26.3. The highest BCUT2D eigenvalue weighted by Crippen LogP contribution is 2.17. The normalized spacial score (nSPS) is 13.3. The zero-order chi connectivity index (χ0) is 13.2. The first-order valence-corrected chi connectivity index (χ1v) is 5.59. The van der Waals surface area contributed by atoms with Crippen molar-refractivity contribution in [1.29, 1.82) is 0 Å². The van der Waals surface area contributed by atoms with Gasteiger partial charge in [-0.3, -0.25) is 4.79 Å². The molecule has 1 aromatic carbocycles. The Morgan fingerprint density at radius 3 is 2.53 bits per heavy atom. The number of amides is 1. The molecule has 1 rings (SSSR count). The summed E-state index contributed by atoms with van der Waals surface area (Å²) in [4.78, 5) is 11.8. The molecule has 0 spiro atoms. The lowest BCUT2D eigenvalue weighted by molar-refractivity contribution is 0.0908. The molecule has 17 heavy (non-hydrogen) atoms. The van der Waals surface area contributed by atoms with Gasteiger partial charge in [0.05, 0.1) is 16.5 Å². The number of hydrogen-bond acceptors (Lipinski definition) is 1. The first kappa shape index (κ1) is 13.9. The van der Waals surface area contributed by atoms with Gasteiger partial charge in [0, 0.05) is 0 Å². The fourth-order valence-electron chi connectivity index (χ4n) is 1.13. The molecule has 0 aliphatic carbocycles. The van der Waals surface area contributed by atoms with Crippen molar-refractivity contribution in [2.75, 3.05) is 0 Å². The van der Waals surface area contributed by atoms with Crippen LogP contribution >= 0.6 is 11.6 Å². The van der Waals surface area contributed by atoms with Gasteiger partial charge in [0.2, 0.25) is 0 Å². The van der Waals surface area contributed by atoms with Crippen LogP contribution in [0.15, 0.2) is 18.2 Å². The molecule has 0 saturated heterocycles. The van der Waals surface area contributed by atoms with Crippen LogP contribution in [0.2, 0.25) is 0 Å². The van der Waals surface area contributed by atoms with Crippen LogP contribution in [0, 0.1) is 11.6 Å². The number of alkyl halides is 1. The largest absolute Gasteiger partial charge is 0.346 e. The molecule has 5 heteroatoms. The Morgan fingerprint density at radius 1 is 1.41 bits per heavy atom. The van der Waals surface area contributed by atoms with Gasteiger partial charge >= 0.3 is 0 Å². The van der Waals surface area contributed by atoms with E-state index in [2.05, 4.69) is 5.32 Å². The average Bonchev–Trinajstić information content (AvgIpc) is 2.20. The second kappa shape index (κ2) is 5.00. The minimum Gasteiger partial charge on any atom is -0.346 e. The summed E-state index contributed by atoms with van der Waals surface area (Å²) >= 11 is 5.89. The lowest BCUT2D eigenvalue weighted by atomic mass is 10.0. The van der Waals surface area contributed by atoms with Gasteiger partial charge in [0.15, 0.2) is 0 Å². The van der Waals surface area contributed by atoms with Gasteiger partial charge in [-0.1, -0.05) is 0 Å². The molecule has 1 amide bonds. The lowest BCUT2D eigenvalue weighted by Gasteiger charge is -2.29. The third kappa shape index (κ3) is 3.40. The topological polar surface area (TPSA) is 29.1 Å². The maximum atomic E-state index is 13.3. The first-order valence-electron chi connectivity index (χ1n) is 5.15. The Kier molecular flexibility index (Phi) is 4.09. The maximum absolute atomic E-state index is 13.3. The molecule has 0 saturated carbocycles. The van der Waals surface area contributed by atoms with Crippen LogP contribution in [0.4, 0.5) is 8.78 Å². The Hall–Kier alpha value is -1.16.